The molecule has 4 fully saturated rings. The van der Waals surface area contributed by atoms with Crippen molar-refractivity contribution in [3.05, 3.63) is 34.9 Å². The van der Waals surface area contributed by atoms with Crippen molar-refractivity contribution in [2.75, 3.05) is 64.8 Å². The van der Waals surface area contributed by atoms with Gasteiger partial charge in [0.25, 0.3) is 5.19 Å². The van der Waals surface area contributed by atoms with Gasteiger partial charge in [-0.1, -0.05) is 34.9 Å². The van der Waals surface area contributed by atoms with Gasteiger partial charge in [-0.3, -0.25) is 9.80 Å². The van der Waals surface area contributed by atoms with Crippen LogP contribution in [0.1, 0.15) is 58.4 Å². The van der Waals surface area contributed by atoms with E-state index in [4.69, 9.17) is 61.4 Å². The number of ether oxygens (including phenoxy) is 6. The molecule has 4 atom stereocenters. The van der Waals surface area contributed by atoms with Crippen molar-refractivity contribution in [2.24, 2.45) is 0 Å². The molecule has 16 heteroatoms. The molecule has 13 nitrogen and oxygen atoms in total. The normalized spacial score (nSPS) is 23.5. The molecule has 4 aliphatic rings. The summed E-state index contributed by atoms with van der Waals surface area (Å²) in [5.74, 6) is 4.17. The van der Waals surface area contributed by atoms with Gasteiger partial charge in [0, 0.05) is 44.6 Å². The molecule has 0 N–H and O–H groups in total. The van der Waals surface area contributed by atoms with Crippen LogP contribution in [0.5, 0.6) is 22.7 Å². The quantitative estimate of drug-likeness (QED) is 0.0818. The second kappa shape index (κ2) is 15.6. The predicted octanol–water partition coefficient (Wildman–Crippen LogP) is 7.21. The van der Waals surface area contributed by atoms with Gasteiger partial charge >= 0.3 is 12.1 Å². The molecule has 0 aliphatic carbocycles. The number of thiazole rings is 1. The minimum atomic E-state index is -0.885. The lowest BCUT2D eigenvalue weighted by Gasteiger charge is -2.41. The Kier molecular flexibility index (Phi) is 10.8. The van der Waals surface area contributed by atoms with Gasteiger partial charge in [-0.2, -0.15) is 15.0 Å². The highest BCUT2D eigenvalue weighted by Crippen LogP contribution is 2.44. The van der Waals surface area contributed by atoms with E-state index in [1.165, 1.54) is 11.3 Å². The van der Waals surface area contributed by atoms with Crippen molar-refractivity contribution in [1.29, 1.82) is 0 Å². The first-order valence-corrected chi connectivity index (χ1v) is 20.2. The summed E-state index contributed by atoms with van der Waals surface area (Å²) < 4.78 is 49.9. The molecule has 298 valence electrons. The third kappa shape index (κ3) is 7.74. The monoisotopic (exact) mass is 808 g/mol. The van der Waals surface area contributed by atoms with Gasteiger partial charge in [0.1, 0.15) is 35.4 Å². The lowest BCUT2D eigenvalue weighted by molar-refractivity contribution is -0.00846. The van der Waals surface area contributed by atoms with E-state index in [0.29, 0.717) is 82.9 Å². The van der Waals surface area contributed by atoms with Crippen molar-refractivity contribution < 1.29 is 37.6 Å². The number of aromatic nitrogens is 3. The smallest absolute Gasteiger partial charge is 0.410 e. The lowest BCUT2D eigenvalue weighted by Crippen LogP contribution is -2.57. The number of anilines is 1. The number of terminal acetylenes is 1. The Labute approximate surface area is 334 Å². The lowest BCUT2D eigenvalue weighted by atomic mass is 9.95. The molecular formula is C40H46ClFN6O7S. The molecule has 56 heavy (non-hydrogen) atoms. The number of carbonyl (C=O) groups excluding carboxylic acids is 1. The average molecular weight is 809 g/mol. The number of carbonyl (C=O) groups is 1. The third-order valence-corrected chi connectivity index (χ3v) is 12.0. The number of hydrogen-bond donors (Lipinski definition) is 0. The van der Waals surface area contributed by atoms with Crippen molar-refractivity contribution in [3.8, 4) is 35.0 Å². The summed E-state index contributed by atoms with van der Waals surface area (Å²) >= 11 is 7.82. The van der Waals surface area contributed by atoms with E-state index in [1.54, 1.807) is 19.2 Å². The van der Waals surface area contributed by atoms with Crippen molar-refractivity contribution in [1.82, 2.24) is 24.8 Å². The van der Waals surface area contributed by atoms with E-state index >= 15 is 0 Å². The average Bonchev–Trinajstić information content (AvgIpc) is 3.89. The summed E-state index contributed by atoms with van der Waals surface area (Å²) in [5, 5.41) is 2.07. The van der Waals surface area contributed by atoms with E-state index in [-0.39, 0.29) is 48.3 Å². The van der Waals surface area contributed by atoms with E-state index in [0.717, 1.165) is 37.6 Å². The number of fused-ring (bicyclic) bond motifs is 5. The summed E-state index contributed by atoms with van der Waals surface area (Å²) in [4.78, 5) is 34.8. The Morgan fingerprint density at radius 2 is 1.91 bits per heavy atom. The molecule has 2 aromatic carbocycles. The number of rotatable bonds is 12. The first-order valence-electron chi connectivity index (χ1n) is 19.0. The van der Waals surface area contributed by atoms with Gasteiger partial charge in [-0.15, -0.1) is 6.42 Å². The molecule has 2 bridgehead atoms. The maximum atomic E-state index is 14.6. The fourth-order valence-electron chi connectivity index (χ4n) is 8.52. The van der Waals surface area contributed by atoms with Crippen molar-refractivity contribution in [3.63, 3.8) is 0 Å². The number of piperazine rings is 1. The zero-order valence-electron chi connectivity index (χ0n) is 32.0. The van der Waals surface area contributed by atoms with Crippen LogP contribution in [0.2, 0.25) is 5.02 Å². The first-order chi connectivity index (χ1) is 26.9. The number of alkyl halides is 1. The molecule has 4 saturated heterocycles. The Morgan fingerprint density at radius 1 is 1.11 bits per heavy atom. The van der Waals surface area contributed by atoms with Gasteiger partial charge in [0.05, 0.1) is 41.4 Å². The summed E-state index contributed by atoms with van der Waals surface area (Å²) in [5.41, 5.74) is 0.0238. The van der Waals surface area contributed by atoms with Gasteiger partial charge in [0.15, 0.2) is 17.4 Å². The number of hydrogen-bond acceptors (Lipinski definition) is 13. The van der Waals surface area contributed by atoms with E-state index in [9.17, 15) is 9.18 Å². The molecule has 4 aliphatic heterocycles. The highest BCUT2D eigenvalue weighted by atomic mass is 35.5. The Hall–Kier alpha value is -4.20. The molecule has 2 unspecified atom stereocenters. The third-order valence-electron chi connectivity index (χ3n) is 10.9. The fraction of sp³-hybridized carbons (Fsp3) is 0.550. The maximum absolute atomic E-state index is 14.6. The van der Waals surface area contributed by atoms with Crippen LogP contribution in [0, 0.1) is 12.3 Å². The largest absolute Gasteiger partial charge is 0.467 e. The van der Waals surface area contributed by atoms with Crippen LogP contribution in [0.4, 0.5) is 15.0 Å². The second-order valence-corrected chi connectivity index (χ2v) is 17.2. The van der Waals surface area contributed by atoms with Crippen molar-refractivity contribution >= 4 is 56.0 Å². The minimum absolute atomic E-state index is 0.000958. The molecule has 1 amide bonds. The van der Waals surface area contributed by atoms with E-state index in [1.807, 2.05) is 37.8 Å². The first kappa shape index (κ1) is 38.7. The number of methoxy groups -OCH3 is 1. The SMILES string of the molecule is C#Cc1c(Cl)ccc2cc(OCOCCOC)cc(Oc3nc4c(N5CC6CCC(C5)N6C(=O)OC(C)(C)C)nc(OC[C@@]56CCCN5C[C@H](F)C6)nc4s3)c12. The highest BCUT2D eigenvalue weighted by molar-refractivity contribution is 7.19. The van der Waals surface area contributed by atoms with E-state index in [2.05, 4.69) is 15.7 Å². The Bertz CT molecular complexity index is 2150. The zero-order valence-corrected chi connectivity index (χ0v) is 33.6. The highest BCUT2D eigenvalue weighted by Gasteiger charge is 2.50. The van der Waals surface area contributed by atoms with Crippen molar-refractivity contribution in [2.45, 2.75) is 82.3 Å². The van der Waals surface area contributed by atoms with Gasteiger partial charge in [-0.05, 0) is 70.5 Å². The Balaban J connectivity index is 1.14. The van der Waals surface area contributed by atoms with Crippen LogP contribution in [-0.2, 0) is 14.2 Å². The summed E-state index contributed by atoms with van der Waals surface area (Å²) in [6, 6.07) is 7.20. The molecule has 0 radical (unpaired) electrons. The number of nitrogens with zero attached hydrogens (tertiary/aromatic N) is 6. The van der Waals surface area contributed by atoms with Crippen LogP contribution in [0.25, 0.3) is 21.1 Å². The molecule has 4 aromatic rings. The fourth-order valence-corrected chi connectivity index (χ4v) is 9.52. The summed E-state index contributed by atoms with van der Waals surface area (Å²) in [7, 11) is 1.60. The summed E-state index contributed by atoms with van der Waals surface area (Å²) in [6.07, 6.45) is 8.74. The molecule has 6 heterocycles. The zero-order chi connectivity index (χ0) is 39.2. The molecule has 0 spiro atoms. The molecule has 8 rings (SSSR count). The summed E-state index contributed by atoms with van der Waals surface area (Å²) in [6.45, 7) is 9.04. The van der Waals surface area contributed by atoms with Crippen LogP contribution in [-0.4, -0.2) is 120 Å². The van der Waals surface area contributed by atoms with Crippen LogP contribution in [0.3, 0.4) is 0 Å². The topological polar surface area (TPSA) is 121 Å². The van der Waals surface area contributed by atoms with E-state index < -0.39 is 11.8 Å². The molecular weight excluding hydrogens is 763 g/mol. The maximum Gasteiger partial charge on any atom is 0.410 e. The van der Waals surface area contributed by atoms with Crippen LogP contribution < -0.4 is 19.1 Å². The predicted molar refractivity (Wildman–Crippen MR) is 211 cm³/mol. The van der Waals surface area contributed by atoms with Gasteiger partial charge in [-0.25, -0.2) is 9.18 Å². The van der Waals surface area contributed by atoms with Crippen LogP contribution >= 0.6 is 22.9 Å². The Morgan fingerprint density at radius 3 is 2.66 bits per heavy atom. The second-order valence-electron chi connectivity index (χ2n) is 15.9. The van der Waals surface area contributed by atoms with Crippen LogP contribution in [0.15, 0.2) is 24.3 Å². The van der Waals surface area contributed by atoms with Gasteiger partial charge < -0.3 is 33.3 Å². The molecule has 2 aromatic heterocycles. The molecule has 0 saturated carbocycles. The van der Waals surface area contributed by atoms with Gasteiger partial charge in [0.2, 0.25) is 0 Å². The minimum Gasteiger partial charge on any atom is -0.467 e. The standard InChI is InChI=1S/C40H46ClFN6O7S/c1-6-29-30(41)11-8-24-16-28(53-23-51-15-14-50-5)17-31(32(24)29)54-37-43-33-34(46-20-26-9-10-27(21-46)48(26)38(49)55-39(2,3)4)44-36(45-35(33)56-37)52-22-40-12-7-13-47(40)19-25(42)18-40/h1,8,11,16-17,25-27H,7,9-10,12-15,18-23H2,2-5H3/t25-,26?,27?,40+/m1/s1. The number of halogens is 2. The number of amides is 1. The number of benzene rings is 2.